The quantitative estimate of drug-likeness (QED) is 0.533. The van der Waals surface area contributed by atoms with Crippen LogP contribution in [-0.2, 0) is 4.79 Å². The summed E-state index contributed by atoms with van der Waals surface area (Å²) in [6.45, 7) is 4.26. The highest BCUT2D eigenvalue weighted by atomic mass is 16.5. The smallest absolute Gasteiger partial charge is 0.157 e. The SMILES string of the molecule is C=CCOc1ccccc1N(C)C.CN(C)c1ccccc1OCC=O. The lowest BCUT2D eigenvalue weighted by molar-refractivity contribution is -0.109. The van der Waals surface area contributed by atoms with E-state index in [4.69, 9.17) is 9.47 Å². The first kappa shape index (κ1) is 21.1. The van der Waals surface area contributed by atoms with Crippen molar-refractivity contribution in [2.75, 3.05) is 51.2 Å². The molecule has 5 heteroatoms. The molecule has 0 N–H and O–H groups in total. The topological polar surface area (TPSA) is 42.0 Å². The van der Waals surface area contributed by atoms with Crippen LogP contribution in [0.1, 0.15) is 0 Å². The number of nitrogens with zero attached hydrogens (tertiary/aromatic N) is 2. The highest BCUT2D eigenvalue weighted by Gasteiger charge is 2.03. The normalized spacial score (nSPS) is 9.38. The van der Waals surface area contributed by atoms with Gasteiger partial charge in [-0.1, -0.05) is 36.9 Å². The van der Waals surface area contributed by atoms with Crippen LogP contribution in [0.4, 0.5) is 11.4 Å². The standard InChI is InChI=1S/C11H15NO.C10H13NO2/c1-4-9-13-11-8-6-5-7-10(11)12(2)3;1-11(2)9-5-3-4-6-10(9)13-8-7-12/h4-8H,1,9H2,2-3H3;3-7H,8H2,1-2H3. The van der Waals surface area contributed by atoms with Crippen LogP contribution in [0, 0.1) is 0 Å². The Bertz CT molecular complexity index is 625. The molecule has 140 valence electrons. The van der Waals surface area contributed by atoms with Crippen molar-refractivity contribution in [1.29, 1.82) is 0 Å². The summed E-state index contributed by atoms with van der Waals surface area (Å²) in [5, 5.41) is 0. The Balaban J connectivity index is 0.000000260. The van der Waals surface area contributed by atoms with E-state index in [1.807, 2.05) is 86.5 Å². The van der Waals surface area contributed by atoms with Gasteiger partial charge in [-0.2, -0.15) is 0 Å². The number of para-hydroxylation sites is 4. The molecular weight excluding hydrogens is 328 g/mol. The van der Waals surface area contributed by atoms with E-state index in [2.05, 4.69) is 6.58 Å². The third kappa shape index (κ3) is 6.89. The third-order valence-electron chi connectivity index (χ3n) is 3.36. The summed E-state index contributed by atoms with van der Waals surface area (Å²) < 4.78 is 10.7. The lowest BCUT2D eigenvalue weighted by Crippen LogP contribution is -2.11. The molecule has 2 aromatic carbocycles. The molecule has 5 nitrogen and oxygen atoms in total. The fourth-order valence-corrected chi connectivity index (χ4v) is 2.17. The molecule has 0 fully saturated rings. The van der Waals surface area contributed by atoms with Gasteiger partial charge in [0.15, 0.2) is 6.29 Å². The zero-order valence-electron chi connectivity index (χ0n) is 16.0. The fraction of sp³-hybridized carbons (Fsp3) is 0.286. The molecule has 0 aliphatic rings. The van der Waals surface area contributed by atoms with Crippen LogP contribution in [0.3, 0.4) is 0 Å². The van der Waals surface area contributed by atoms with Gasteiger partial charge in [0.05, 0.1) is 11.4 Å². The maximum Gasteiger partial charge on any atom is 0.157 e. The summed E-state index contributed by atoms with van der Waals surface area (Å²) >= 11 is 0. The second-order valence-electron chi connectivity index (χ2n) is 5.80. The minimum Gasteiger partial charge on any atom is -0.487 e. The Morgan fingerprint density at radius 2 is 1.23 bits per heavy atom. The number of benzene rings is 2. The van der Waals surface area contributed by atoms with Crippen LogP contribution >= 0.6 is 0 Å². The van der Waals surface area contributed by atoms with Crippen molar-refractivity contribution in [3.63, 3.8) is 0 Å². The van der Waals surface area contributed by atoms with E-state index in [0.29, 0.717) is 6.61 Å². The molecule has 0 amide bonds. The molecule has 0 aromatic heterocycles. The van der Waals surface area contributed by atoms with Gasteiger partial charge in [0, 0.05) is 28.2 Å². The number of rotatable bonds is 8. The molecule has 0 unspecified atom stereocenters. The second-order valence-corrected chi connectivity index (χ2v) is 5.80. The van der Waals surface area contributed by atoms with E-state index in [1.165, 1.54) is 0 Å². The number of aldehydes is 1. The lowest BCUT2D eigenvalue weighted by atomic mass is 10.3. The first-order valence-corrected chi connectivity index (χ1v) is 8.34. The summed E-state index contributed by atoms with van der Waals surface area (Å²) in [6, 6.07) is 15.5. The molecular formula is C21H28N2O3. The Hall–Kier alpha value is -2.95. The molecule has 0 saturated heterocycles. The summed E-state index contributed by atoms with van der Waals surface area (Å²) in [4.78, 5) is 14.1. The van der Waals surface area contributed by atoms with Crippen molar-refractivity contribution in [2.24, 2.45) is 0 Å². The summed E-state index contributed by atoms with van der Waals surface area (Å²) in [7, 11) is 7.86. The molecule has 0 radical (unpaired) electrons. The van der Waals surface area contributed by atoms with E-state index >= 15 is 0 Å². The Morgan fingerprint density at radius 3 is 1.62 bits per heavy atom. The van der Waals surface area contributed by atoms with Crippen LogP contribution < -0.4 is 19.3 Å². The maximum absolute atomic E-state index is 10.1. The lowest BCUT2D eigenvalue weighted by Gasteiger charge is -2.16. The van der Waals surface area contributed by atoms with Crippen molar-refractivity contribution >= 4 is 17.7 Å². The summed E-state index contributed by atoms with van der Waals surface area (Å²) in [5.74, 6) is 1.63. The van der Waals surface area contributed by atoms with Gasteiger partial charge in [-0.3, -0.25) is 4.79 Å². The van der Waals surface area contributed by atoms with Crippen LogP contribution in [0.2, 0.25) is 0 Å². The predicted octanol–water partition coefficient (Wildman–Crippen LogP) is 3.65. The molecule has 0 bridgehead atoms. The van der Waals surface area contributed by atoms with Crippen molar-refractivity contribution in [2.45, 2.75) is 0 Å². The number of hydrogen-bond donors (Lipinski definition) is 0. The van der Waals surface area contributed by atoms with Crippen molar-refractivity contribution in [3.05, 3.63) is 61.2 Å². The van der Waals surface area contributed by atoms with Gasteiger partial charge in [0.25, 0.3) is 0 Å². The van der Waals surface area contributed by atoms with Gasteiger partial charge >= 0.3 is 0 Å². The molecule has 0 spiro atoms. The van der Waals surface area contributed by atoms with E-state index in [-0.39, 0.29) is 6.61 Å². The minimum absolute atomic E-state index is 0.102. The third-order valence-corrected chi connectivity index (χ3v) is 3.36. The van der Waals surface area contributed by atoms with Crippen molar-refractivity contribution in [3.8, 4) is 11.5 Å². The van der Waals surface area contributed by atoms with Gasteiger partial charge in [-0.05, 0) is 24.3 Å². The summed E-state index contributed by atoms with van der Waals surface area (Å²) in [6.07, 6.45) is 2.48. The molecule has 0 saturated carbocycles. The van der Waals surface area contributed by atoms with E-state index in [0.717, 1.165) is 29.2 Å². The minimum atomic E-state index is 0.102. The van der Waals surface area contributed by atoms with E-state index < -0.39 is 0 Å². The number of hydrogen-bond acceptors (Lipinski definition) is 5. The number of anilines is 2. The Labute approximate surface area is 156 Å². The fourth-order valence-electron chi connectivity index (χ4n) is 2.17. The zero-order valence-corrected chi connectivity index (χ0v) is 16.0. The molecule has 0 heterocycles. The van der Waals surface area contributed by atoms with Gasteiger partial charge in [0.1, 0.15) is 24.7 Å². The Morgan fingerprint density at radius 1 is 0.808 bits per heavy atom. The first-order valence-electron chi connectivity index (χ1n) is 8.34. The van der Waals surface area contributed by atoms with Gasteiger partial charge in [-0.25, -0.2) is 0 Å². The molecule has 2 rings (SSSR count). The first-order chi connectivity index (χ1) is 12.5. The van der Waals surface area contributed by atoms with Crippen LogP contribution in [0.25, 0.3) is 0 Å². The molecule has 0 aliphatic heterocycles. The van der Waals surface area contributed by atoms with Crippen molar-refractivity contribution < 1.29 is 14.3 Å². The van der Waals surface area contributed by atoms with Gasteiger partial charge in [-0.15, -0.1) is 0 Å². The highest BCUT2D eigenvalue weighted by Crippen LogP contribution is 2.26. The van der Waals surface area contributed by atoms with Gasteiger partial charge < -0.3 is 19.3 Å². The van der Waals surface area contributed by atoms with Crippen LogP contribution in [0.5, 0.6) is 11.5 Å². The zero-order chi connectivity index (χ0) is 19.4. The second kappa shape index (κ2) is 11.6. The van der Waals surface area contributed by atoms with Crippen molar-refractivity contribution in [1.82, 2.24) is 0 Å². The maximum atomic E-state index is 10.1. The number of carbonyl (C=O) groups is 1. The predicted molar refractivity (Wildman–Crippen MR) is 109 cm³/mol. The highest BCUT2D eigenvalue weighted by molar-refractivity contribution is 5.59. The average Bonchev–Trinajstić information content (AvgIpc) is 2.65. The summed E-state index contributed by atoms with van der Waals surface area (Å²) in [5.41, 5.74) is 2.06. The monoisotopic (exact) mass is 356 g/mol. The molecule has 26 heavy (non-hydrogen) atoms. The van der Waals surface area contributed by atoms with E-state index in [9.17, 15) is 4.79 Å². The average molecular weight is 356 g/mol. The largest absolute Gasteiger partial charge is 0.487 e. The van der Waals surface area contributed by atoms with E-state index in [1.54, 1.807) is 6.08 Å². The number of carbonyl (C=O) groups excluding carboxylic acids is 1. The molecule has 0 aliphatic carbocycles. The molecule has 2 aromatic rings. The van der Waals surface area contributed by atoms with Gasteiger partial charge in [0.2, 0.25) is 0 Å². The van der Waals surface area contributed by atoms with Crippen LogP contribution in [0.15, 0.2) is 61.2 Å². The number of ether oxygens (including phenoxy) is 2. The van der Waals surface area contributed by atoms with Crippen LogP contribution in [-0.4, -0.2) is 47.7 Å². The Kier molecular flexibility index (Phi) is 9.39. The molecule has 0 atom stereocenters.